The number of nitrogens with zero attached hydrogens (tertiary/aromatic N) is 2. The number of anilines is 3. The molecule has 3 N–H and O–H groups in total. The van der Waals surface area contributed by atoms with Gasteiger partial charge in [-0.25, -0.2) is 9.97 Å². The van der Waals surface area contributed by atoms with E-state index in [2.05, 4.69) is 15.3 Å². The van der Waals surface area contributed by atoms with Gasteiger partial charge in [-0.2, -0.15) is 0 Å². The average Bonchev–Trinajstić information content (AvgIpc) is 2.25. The number of hydrogen-bond donors (Lipinski definition) is 2. The number of nitrogens with two attached hydrogens (primary N) is 1. The number of benzene rings is 1. The van der Waals surface area contributed by atoms with Gasteiger partial charge in [-0.15, -0.1) is 0 Å². The van der Waals surface area contributed by atoms with E-state index < -0.39 is 0 Å². The summed E-state index contributed by atoms with van der Waals surface area (Å²) in [6, 6.07) is 7.32. The van der Waals surface area contributed by atoms with Crippen LogP contribution in [0.15, 0.2) is 36.8 Å². The van der Waals surface area contributed by atoms with E-state index in [4.69, 9.17) is 17.3 Å². The van der Waals surface area contributed by atoms with Crippen LogP contribution in [0.2, 0.25) is 5.02 Å². The minimum absolute atomic E-state index is 0.481. The fraction of sp³-hybridized carbons (Fsp3) is 0. The lowest BCUT2D eigenvalue weighted by molar-refractivity contribution is 1.17. The summed E-state index contributed by atoms with van der Waals surface area (Å²) in [5, 5.41) is 3.54. The first-order chi connectivity index (χ1) is 7.25. The smallest absolute Gasteiger partial charge is 0.152 e. The Labute approximate surface area is 92.1 Å². The minimum atomic E-state index is 0.481. The largest absolute Gasteiger partial charge is 0.399 e. The van der Waals surface area contributed by atoms with Crippen LogP contribution in [-0.2, 0) is 0 Å². The lowest BCUT2D eigenvalue weighted by Crippen LogP contribution is -1.95. The molecule has 2 aromatic rings. The molecule has 0 unspecified atom stereocenters. The molecule has 0 radical (unpaired) electrons. The highest BCUT2D eigenvalue weighted by molar-refractivity contribution is 6.32. The predicted molar refractivity (Wildman–Crippen MR) is 61.2 cm³/mol. The van der Waals surface area contributed by atoms with E-state index in [9.17, 15) is 0 Å². The third-order valence-corrected chi connectivity index (χ3v) is 2.12. The number of halogens is 1. The summed E-state index contributed by atoms with van der Waals surface area (Å²) in [4.78, 5) is 7.81. The Kier molecular flexibility index (Phi) is 2.69. The van der Waals surface area contributed by atoms with Gasteiger partial charge in [0.2, 0.25) is 0 Å². The molecule has 0 aliphatic rings. The van der Waals surface area contributed by atoms with E-state index in [0.29, 0.717) is 16.5 Å². The second-order valence-electron chi connectivity index (χ2n) is 2.97. The predicted octanol–water partition coefficient (Wildman–Crippen LogP) is 2.46. The highest BCUT2D eigenvalue weighted by Gasteiger charge is 2.00. The van der Waals surface area contributed by atoms with Crippen molar-refractivity contribution >= 4 is 28.8 Å². The minimum Gasteiger partial charge on any atom is -0.399 e. The highest BCUT2D eigenvalue weighted by Crippen LogP contribution is 2.21. The number of hydrogen-bond acceptors (Lipinski definition) is 4. The lowest BCUT2D eigenvalue weighted by Gasteiger charge is -2.06. The van der Waals surface area contributed by atoms with Crippen molar-refractivity contribution in [1.29, 1.82) is 0 Å². The quantitative estimate of drug-likeness (QED) is 0.764. The second kappa shape index (κ2) is 4.14. The van der Waals surface area contributed by atoms with Crippen molar-refractivity contribution in [2.45, 2.75) is 0 Å². The van der Waals surface area contributed by atoms with E-state index in [0.717, 1.165) is 5.69 Å². The topological polar surface area (TPSA) is 63.8 Å². The molecule has 0 saturated carbocycles. The van der Waals surface area contributed by atoms with Gasteiger partial charge in [0.1, 0.15) is 11.3 Å². The van der Waals surface area contributed by atoms with Gasteiger partial charge in [0.15, 0.2) is 5.82 Å². The molecule has 0 spiro atoms. The Morgan fingerprint density at radius 2 is 1.93 bits per heavy atom. The van der Waals surface area contributed by atoms with E-state index in [1.54, 1.807) is 12.1 Å². The summed E-state index contributed by atoms with van der Waals surface area (Å²) in [6.07, 6.45) is 2.97. The van der Waals surface area contributed by atoms with Crippen LogP contribution < -0.4 is 11.1 Å². The third kappa shape index (κ3) is 2.35. The lowest BCUT2D eigenvalue weighted by atomic mass is 10.3. The van der Waals surface area contributed by atoms with Crippen LogP contribution in [0.4, 0.5) is 17.2 Å². The maximum atomic E-state index is 5.89. The molecular weight excluding hydrogens is 212 g/mol. The van der Waals surface area contributed by atoms with Gasteiger partial charge in [-0.3, -0.25) is 0 Å². The molecule has 0 atom stereocenters. The summed E-state index contributed by atoms with van der Waals surface area (Å²) in [5.41, 5.74) is 7.17. The first-order valence-corrected chi connectivity index (χ1v) is 4.71. The molecule has 0 fully saturated rings. The van der Waals surface area contributed by atoms with Crippen molar-refractivity contribution in [3.05, 3.63) is 41.8 Å². The molecule has 0 amide bonds. The molecule has 76 valence electrons. The van der Waals surface area contributed by atoms with Gasteiger partial charge < -0.3 is 11.1 Å². The molecule has 5 heteroatoms. The van der Waals surface area contributed by atoms with Crippen molar-refractivity contribution in [2.24, 2.45) is 0 Å². The van der Waals surface area contributed by atoms with Crippen LogP contribution >= 0.6 is 11.6 Å². The molecule has 0 aliphatic carbocycles. The van der Waals surface area contributed by atoms with Gasteiger partial charge in [0.25, 0.3) is 0 Å². The third-order valence-electron chi connectivity index (χ3n) is 1.84. The van der Waals surface area contributed by atoms with E-state index in [-0.39, 0.29) is 0 Å². The van der Waals surface area contributed by atoms with Crippen molar-refractivity contribution in [3.63, 3.8) is 0 Å². The number of nitrogens with one attached hydrogen (secondary N) is 1. The molecule has 0 aliphatic heterocycles. The molecule has 0 saturated heterocycles. The van der Waals surface area contributed by atoms with Gasteiger partial charge in [-0.05, 0) is 24.3 Å². The van der Waals surface area contributed by atoms with Crippen molar-refractivity contribution in [3.8, 4) is 0 Å². The number of aromatic nitrogens is 2. The van der Waals surface area contributed by atoms with Crippen molar-refractivity contribution in [1.82, 2.24) is 9.97 Å². The van der Waals surface area contributed by atoms with Gasteiger partial charge in [-0.1, -0.05) is 11.6 Å². The number of rotatable bonds is 2. The van der Waals surface area contributed by atoms with Crippen molar-refractivity contribution in [2.75, 3.05) is 11.1 Å². The standard InChI is InChI=1S/C10H9ClN4/c11-9-5-13-6-14-10(9)15-8-3-1-7(12)2-4-8/h1-6H,12H2,(H,13,14,15). The number of nitrogen functional groups attached to an aromatic ring is 1. The van der Waals surface area contributed by atoms with Crippen LogP contribution in [0.3, 0.4) is 0 Å². The first kappa shape index (κ1) is 9.73. The summed E-state index contributed by atoms with van der Waals surface area (Å²) < 4.78 is 0. The maximum Gasteiger partial charge on any atom is 0.152 e. The Morgan fingerprint density at radius 1 is 1.20 bits per heavy atom. The summed E-state index contributed by atoms with van der Waals surface area (Å²) in [6.45, 7) is 0. The van der Waals surface area contributed by atoms with Gasteiger partial charge in [0.05, 0.1) is 6.20 Å². The molecule has 0 bridgehead atoms. The monoisotopic (exact) mass is 220 g/mol. The Hall–Kier alpha value is -1.81. The Morgan fingerprint density at radius 3 is 2.60 bits per heavy atom. The van der Waals surface area contributed by atoms with E-state index in [1.807, 2.05) is 12.1 Å². The molecule has 1 aromatic heterocycles. The van der Waals surface area contributed by atoms with Gasteiger partial charge >= 0.3 is 0 Å². The first-order valence-electron chi connectivity index (χ1n) is 4.34. The molecular formula is C10H9ClN4. The van der Waals surface area contributed by atoms with Crippen LogP contribution in [0.1, 0.15) is 0 Å². The SMILES string of the molecule is Nc1ccc(Nc2ncncc2Cl)cc1. The maximum absolute atomic E-state index is 5.89. The molecule has 1 aromatic carbocycles. The normalized spacial score (nSPS) is 9.93. The average molecular weight is 221 g/mol. The molecule has 1 heterocycles. The summed E-state index contributed by atoms with van der Waals surface area (Å²) in [7, 11) is 0. The van der Waals surface area contributed by atoms with Crippen LogP contribution in [0.25, 0.3) is 0 Å². The molecule has 2 rings (SSSR count). The zero-order valence-corrected chi connectivity index (χ0v) is 8.57. The second-order valence-corrected chi connectivity index (χ2v) is 3.37. The van der Waals surface area contributed by atoms with E-state index >= 15 is 0 Å². The van der Waals surface area contributed by atoms with Crippen LogP contribution in [0.5, 0.6) is 0 Å². The Balaban J connectivity index is 2.22. The van der Waals surface area contributed by atoms with Crippen LogP contribution in [0, 0.1) is 0 Å². The van der Waals surface area contributed by atoms with Gasteiger partial charge in [0, 0.05) is 11.4 Å². The molecule has 15 heavy (non-hydrogen) atoms. The summed E-state index contributed by atoms with van der Waals surface area (Å²) in [5.74, 6) is 0.580. The fourth-order valence-corrected chi connectivity index (χ4v) is 1.26. The van der Waals surface area contributed by atoms with Crippen LogP contribution in [-0.4, -0.2) is 9.97 Å². The fourth-order valence-electron chi connectivity index (χ4n) is 1.11. The van der Waals surface area contributed by atoms with Crippen molar-refractivity contribution < 1.29 is 0 Å². The molecule has 4 nitrogen and oxygen atoms in total. The van der Waals surface area contributed by atoms with E-state index in [1.165, 1.54) is 12.5 Å². The zero-order valence-electron chi connectivity index (χ0n) is 7.81. The Bertz CT molecular complexity index is 455. The highest BCUT2D eigenvalue weighted by atomic mass is 35.5. The summed E-state index contributed by atoms with van der Waals surface area (Å²) >= 11 is 5.89. The zero-order chi connectivity index (χ0) is 10.7.